The quantitative estimate of drug-likeness (QED) is 0.569. The van der Waals surface area contributed by atoms with Crippen LogP contribution in [0.3, 0.4) is 0 Å². The number of anilines is 1. The molecule has 0 aliphatic carbocycles. The molecule has 0 atom stereocenters. The fourth-order valence-electron chi connectivity index (χ4n) is 3.13. The Morgan fingerprint density at radius 1 is 1.19 bits per heavy atom. The maximum absolute atomic E-state index is 12.7. The lowest BCUT2D eigenvalue weighted by molar-refractivity contribution is -0.127. The van der Waals surface area contributed by atoms with Crippen molar-refractivity contribution < 1.29 is 28.6 Å². The van der Waals surface area contributed by atoms with Crippen molar-refractivity contribution in [2.45, 2.75) is 6.92 Å². The van der Waals surface area contributed by atoms with Crippen LogP contribution < -0.4 is 19.5 Å². The van der Waals surface area contributed by atoms with E-state index >= 15 is 0 Å². The first-order valence-electron chi connectivity index (χ1n) is 9.82. The summed E-state index contributed by atoms with van der Waals surface area (Å²) in [6, 6.07) is 10.4. The predicted octanol–water partition coefficient (Wildman–Crippen LogP) is 4.29. The summed E-state index contributed by atoms with van der Waals surface area (Å²) in [6.07, 6.45) is 1.62. The summed E-state index contributed by atoms with van der Waals surface area (Å²) in [6.45, 7) is 2.94. The van der Waals surface area contributed by atoms with E-state index in [0.717, 1.165) is 26.7 Å². The van der Waals surface area contributed by atoms with Crippen molar-refractivity contribution in [1.82, 2.24) is 4.90 Å². The average Bonchev–Trinajstić information content (AvgIpc) is 3.03. The zero-order valence-electron chi connectivity index (χ0n) is 17.1. The van der Waals surface area contributed by atoms with E-state index in [2.05, 4.69) is 21.2 Å². The van der Waals surface area contributed by atoms with Crippen LogP contribution in [0, 0.1) is 0 Å². The molecule has 2 heterocycles. The van der Waals surface area contributed by atoms with Crippen LogP contribution in [0.2, 0.25) is 0 Å². The third-order valence-corrected chi connectivity index (χ3v) is 6.08. The molecular weight excluding hydrogens is 500 g/mol. The number of carbonyl (C=O) groups excluding carboxylic acids is 3. The molecule has 3 amide bonds. The van der Waals surface area contributed by atoms with Gasteiger partial charge in [0.25, 0.3) is 11.1 Å². The molecular formula is C22H19BrN2O6S. The van der Waals surface area contributed by atoms with E-state index in [-0.39, 0.29) is 11.4 Å². The molecule has 166 valence electrons. The van der Waals surface area contributed by atoms with Gasteiger partial charge in [0, 0.05) is 11.8 Å². The zero-order valence-corrected chi connectivity index (χ0v) is 19.5. The van der Waals surface area contributed by atoms with Crippen molar-refractivity contribution in [3.8, 4) is 17.2 Å². The number of nitrogens with zero attached hydrogens (tertiary/aromatic N) is 1. The molecule has 1 saturated heterocycles. The van der Waals surface area contributed by atoms with Gasteiger partial charge in [-0.05, 0) is 70.5 Å². The molecule has 2 aromatic rings. The molecule has 0 unspecified atom stereocenters. The topological polar surface area (TPSA) is 94.2 Å². The Bertz CT molecular complexity index is 1120. The second kappa shape index (κ2) is 9.66. The number of nitrogens with one attached hydrogen (secondary N) is 1. The molecule has 4 rings (SSSR count). The van der Waals surface area contributed by atoms with Crippen LogP contribution in [-0.4, -0.2) is 48.3 Å². The Morgan fingerprint density at radius 2 is 1.97 bits per heavy atom. The van der Waals surface area contributed by atoms with Crippen LogP contribution in [0.25, 0.3) is 6.08 Å². The lowest BCUT2D eigenvalue weighted by Crippen LogP contribution is -2.36. The Balaban J connectivity index is 1.42. The molecule has 0 saturated carbocycles. The summed E-state index contributed by atoms with van der Waals surface area (Å²) in [5.41, 5.74) is 1.22. The molecule has 0 aromatic heterocycles. The summed E-state index contributed by atoms with van der Waals surface area (Å²) in [7, 11) is 0. The number of ether oxygens (including phenoxy) is 3. The molecule has 10 heteroatoms. The minimum atomic E-state index is -0.512. The number of thioether (sulfide) groups is 1. The lowest BCUT2D eigenvalue weighted by Gasteiger charge is -2.19. The monoisotopic (exact) mass is 518 g/mol. The Kier molecular flexibility index (Phi) is 6.71. The molecule has 0 radical (unpaired) electrons. The van der Waals surface area contributed by atoms with E-state index in [1.165, 1.54) is 0 Å². The first-order valence-corrected chi connectivity index (χ1v) is 11.4. The highest BCUT2D eigenvalue weighted by Crippen LogP contribution is 2.35. The third-order valence-electron chi connectivity index (χ3n) is 4.55. The van der Waals surface area contributed by atoms with Gasteiger partial charge in [0.15, 0.2) is 11.5 Å². The van der Waals surface area contributed by atoms with Crippen LogP contribution in [0.4, 0.5) is 10.5 Å². The standard InChI is InChI=1S/C22H19BrN2O6S/c1-2-29-16-5-3-13(9-15(16)23)10-19-21(27)25(22(28)32-19)12-20(26)24-14-4-6-17-18(11-14)31-8-7-30-17/h3-6,9-11H,2,7-8,12H2,1H3,(H,24,26)/b19-10-. The van der Waals surface area contributed by atoms with Gasteiger partial charge in [-0.15, -0.1) is 0 Å². The van der Waals surface area contributed by atoms with Crippen LogP contribution in [0.5, 0.6) is 17.2 Å². The predicted molar refractivity (Wildman–Crippen MR) is 124 cm³/mol. The van der Waals surface area contributed by atoms with Gasteiger partial charge in [-0.1, -0.05) is 6.07 Å². The smallest absolute Gasteiger partial charge is 0.294 e. The fourth-order valence-corrected chi connectivity index (χ4v) is 4.48. The summed E-state index contributed by atoms with van der Waals surface area (Å²) in [5.74, 6) is 0.820. The highest BCUT2D eigenvalue weighted by molar-refractivity contribution is 9.10. The second-order valence-corrected chi connectivity index (χ2v) is 8.64. The highest BCUT2D eigenvalue weighted by Gasteiger charge is 2.36. The largest absolute Gasteiger partial charge is 0.493 e. The molecule has 8 nitrogen and oxygen atoms in total. The molecule has 0 spiro atoms. The van der Waals surface area contributed by atoms with Gasteiger partial charge in [-0.2, -0.15) is 0 Å². The summed E-state index contributed by atoms with van der Waals surface area (Å²) >= 11 is 4.23. The van der Waals surface area contributed by atoms with E-state index in [1.54, 1.807) is 42.5 Å². The van der Waals surface area contributed by atoms with Gasteiger partial charge >= 0.3 is 0 Å². The van der Waals surface area contributed by atoms with Crippen LogP contribution in [0.1, 0.15) is 12.5 Å². The normalized spacial score (nSPS) is 16.4. The van der Waals surface area contributed by atoms with E-state index in [0.29, 0.717) is 42.8 Å². The molecule has 2 aliphatic rings. The maximum Gasteiger partial charge on any atom is 0.294 e. The van der Waals surface area contributed by atoms with Gasteiger partial charge in [-0.25, -0.2) is 0 Å². The molecule has 2 aromatic carbocycles. The molecule has 1 N–H and O–H groups in total. The van der Waals surface area contributed by atoms with Gasteiger partial charge in [0.1, 0.15) is 25.5 Å². The average molecular weight is 519 g/mol. The van der Waals surface area contributed by atoms with Crippen LogP contribution in [-0.2, 0) is 9.59 Å². The highest BCUT2D eigenvalue weighted by atomic mass is 79.9. The number of benzene rings is 2. The minimum Gasteiger partial charge on any atom is -0.493 e. The molecule has 2 aliphatic heterocycles. The van der Waals surface area contributed by atoms with Crippen molar-refractivity contribution in [3.63, 3.8) is 0 Å². The molecule has 1 fully saturated rings. The van der Waals surface area contributed by atoms with Crippen molar-refractivity contribution in [2.24, 2.45) is 0 Å². The van der Waals surface area contributed by atoms with E-state index in [9.17, 15) is 14.4 Å². The minimum absolute atomic E-state index is 0.248. The number of fused-ring (bicyclic) bond motifs is 1. The summed E-state index contributed by atoms with van der Waals surface area (Å²) in [4.78, 5) is 38.7. The SMILES string of the molecule is CCOc1ccc(/C=C2\SC(=O)N(CC(=O)Nc3ccc4c(c3)OCCO4)C2=O)cc1Br. The van der Waals surface area contributed by atoms with Gasteiger partial charge in [0.05, 0.1) is 16.0 Å². The number of hydrogen-bond acceptors (Lipinski definition) is 7. The molecule has 0 bridgehead atoms. The van der Waals surface area contributed by atoms with E-state index in [1.807, 2.05) is 6.92 Å². The van der Waals surface area contributed by atoms with Gasteiger partial charge < -0.3 is 19.5 Å². The van der Waals surface area contributed by atoms with Crippen molar-refractivity contribution >= 4 is 56.5 Å². The van der Waals surface area contributed by atoms with Crippen molar-refractivity contribution in [1.29, 1.82) is 0 Å². The summed E-state index contributed by atoms with van der Waals surface area (Å²) < 4.78 is 17.2. The van der Waals surface area contributed by atoms with Crippen molar-refractivity contribution in [3.05, 3.63) is 51.3 Å². The van der Waals surface area contributed by atoms with E-state index < -0.39 is 17.1 Å². The Hall–Kier alpha value is -2.98. The number of rotatable bonds is 6. The number of imide groups is 1. The molecule has 32 heavy (non-hydrogen) atoms. The fraction of sp³-hybridized carbons (Fsp3) is 0.227. The Morgan fingerprint density at radius 3 is 2.72 bits per heavy atom. The first kappa shape index (κ1) is 22.2. The second-order valence-electron chi connectivity index (χ2n) is 6.80. The zero-order chi connectivity index (χ0) is 22.7. The maximum atomic E-state index is 12.7. The summed E-state index contributed by atoms with van der Waals surface area (Å²) in [5, 5.41) is 2.18. The number of hydrogen-bond donors (Lipinski definition) is 1. The number of carbonyl (C=O) groups is 3. The van der Waals surface area contributed by atoms with Crippen LogP contribution >= 0.6 is 27.7 Å². The lowest BCUT2D eigenvalue weighted by atomic mass is 10.2. The third kappa shape index (κ3) is 4.91. The number of halogens is 1. The van der Waals surface area contributed by atoms with Gasteiger partial charge in [0.2, 0.25) is 5.91 Å². The van der Waals surface area contributed by atoms with Crippen LogP contribution in [0.15, 0.2) is 45.8 Å². The first-order chi connectivity index (χ1) is 15.4. The number of amides is 3. The van der Waals surface area contributed by atoms with Crippen molar-refractivity contribution in [2.75, 3.05) is 31.7 Å². The Labute approximate surface area is 197 Å². The van der Waals surface area contributed by atoms with Gasteiger partial charge in [-0.3, -0.25) is 19.3 Å². The van der Waals surface area contributed by atoms with E-state index in [4.69, 9.17) is 14.2 Å².